The lowest BCUT2D eigenvalue weighted by atomic mass is 9.95. The van der Waals surface area contributed by atoms with Crippen molar-refractivity contribution in [3.8, 4) is 0 Å². The van der Waals surface area contributed by atoms with E-state index in [1.54, 1.807) is 0 Å². The fraction of sp³-hybridized carbons (Fsp3) is 0.778. The highest BCUT2D eigenvalue weighted by Gasteiger charge is 2.47. The Bertz CT molecular complexity index is 227. The highest BCUT2D eigenvalue weighted by Crippen LogP contribution is 2.28. The molecular formula is C9H13FO3. The van der Waals surface area contributed by atoms with Crippen molar-refractivity contribution in [3.63, 3.8) is 0 Å². The third-order valence-corrected chi connectivity index (χ3v) is 2.38. The number of halogens is 1. The number of esters is 1. The molecule has 1 rings (SSSR count). The number of rotatable bonds is 1. The molecule has 0 aromatic carbocycles. The maximum absolute atomic E-state index is 13.8. The Hall–Kier alpha value is -0.930. The number of methoxy groups -OCH3 is 1. The smallest absolute Gasteiger partial charge is 0.351 e. The molecule has 0 unspecified atom stereocenters. The van der Waals surface area contributed by atoms with Crippen LogP contribution in [-0.2, 0) is 14.3 Å². The van der Waals surface area contributed by atoms with Crippen molar-refractivity contribution < 1.29 is 18.7 Å². The van der Waals surface area contributed by atoms with E-state index in [0.29, 0.717) is 12.8 Å². The van der Waals surface area contributed by atoms with Crippen LogP contribution in [0.1, 0.15) is 32.1 Å². The second kappa shape index (κ2) is 3.85. The van der Waals surface area contributed by atoms with Gasteiger partial charge in [0.25, 0.3) is 5.67 Å². The third-order valence-electron chi connectivity index (χ3n) is 2.38. The van der Waals surface area contributed by atoms with Crippen molar-refractivity contribution in [2.75, 3.05) is 7.11 Å². The lowest BCUT2D eigenvalue weighted by Crippen LogP contribution is -2.42. The summed E-state index contributed by atoms with van der Waals surface area (Å²) in [5.74, 6) is -1.67. The van der Waals surface area contributed by atoms with Gasteiger partial charge < -0.3 is 4.74 Å². The van der Waals surface area contributed by atoms with Crippen molar-refractivity contribution in [1.29, 1.82) is 0 Å². The summed E-state index contributed by atoms with van der Waals surface area (Å²) >= 11 is 0. The van der Waals surface area contributed by atoms with Gasteiger partial charge in [-0.05, 0) is 19.3 Å². The molecule has 1 aliphatic rings. The van der Waals surface area contributed by atoms with E-state index < -0.39 is 17.4 Å². The Balaban J connectivity index is 2.82. The van der Waals surface area contributed by atoms with Gasteiger partial charge in [-0.2, -0.15) is 0 Å². The fourth-order valence-corrected chi connectivity index (χ4v) is 1.55. The van der Waals surface area contributed by atoms with Gasteiger partial charge in [0.05, 0.1) is 7.11 Å². The van der Waals surface area contributed by atoms with Crippen LogP contribution in [0.25, 0.3) is 0 Å². The molecule has 0 saturated heterocycles. The molecule has 0 aromatic heterocycles. The van der Waals surface area contributed by atoms with Crippen LogP contribution in [0.15, 0.2) is 0 Å². The highest BCUT2D eigenvalue weighted by atomic mass is 19.1. The third kappa shape index (κ3) is 1.87. The number of hydrogen-bond acceptors (Lipinski definition) is 3. The lowest BCUT2D eigenvalue weighted by molar-refractivity contribution is -0.160. The first-order valence-corrected chi connectivity index (χ1v) is 4.42. The predicted molar refractivity (Wildman–Crippen MR) is 43.9 cm³/mol. The molecule has 0 radical (unpaired) electrons. The number of hydrogen-bond donors (Lipinski definition) is 0. The van der Waals surface area contributed by atoms with E-state index in [1.807, 2.05) is 0 Å². The molecule has 74 valence electrons. The maximum atomic E-state index is 13.8. The molecule has 4 heteroatoms. The Morgan fingerprint density at radius 3 is 2.77 bits per heavy atom. The zero-order chi connectivity index (χ0) is 9.90. The number of alkyl halides is 1. The largest absolute Gasteiger partial charge is 0.466 e. The van der Waals surface area contributed by atoms with Gasteiger partial charge in [0.1, 0.15) is 0 Å². The van der Waals surface area contributed by atoms with E-state index in [9.17, 15) is 14.0 Å². The zero-order valence-electron chi connectivity index (χ0n) is 7.64. The monoisotopic (exact) mass is 188 g/mol. The first kappa shape index (κ1) is 10.2. The standard InChI is InChI=1S/C9H13FO3/c1-13-8(12)9(10)6-4-2-3-5-7(9)11/h2-6H2,1H3/t9-/m1/s1. The van der Waals surface area contributed by atoms with E-state index in [2.05, 4.69) is 4.74 Å². The summed E-state index contributed by atoms with van der Waals surface area (Å²) in [6.45, 7) is 0. The fourth-order valence-electron chi connectivity index (χ4n) is 1.55. The van der Waals surface area contributed by atoms with Crippen LogP contribution in [0.2, 0.25) is 0 Å². The second-order valence-corrected chi connectivity index (χ2v) is 3.28. The molecule has 13 heavy (non-hydrogen) atoms. The predicted octanol–water partition coefficient (Wildman–Crippen LogP) is 1.40. The Kier molecular flexibility index (Phi) is 3.01. The second-order valence-electron chi connectivity index (χ2n) is 3.28. The normalized spacial score (nSPS) is 29.5. The van der Waals surface area contributed by atoms with Crippen molar-refractivity contribution in [1.82, 2.24) is 0 Å². The molecule has 0 aromatic rings. The Labute approximate surface area is 76.3 Å². The minimum Gasteiger partial charge on any atom is -0.466 e. The number of carbonyl (C=O) groups is 2. The molecule has 1 fully saturated rings. The summed E-state index contributed by atoms with van der Waals surface area (Å²) in [4.78, 5) is 22.3. The van der Waals surface area contributed by atoms with Crippen LogP contribution >= 0.6 is 0 Å². The molecule has 0 amide bonds. The quantitative estimate of drug-likeness (QED) is 0.355. The number of ether oxygens (including phenoxy) is 1. The average Bonchev–Trinajstić information content (AvgIpc) is 2.29. The van der Waals surface area contributed by atoms with Gasteiger partial charge in [-0.1, -0.05) is 6.42 Å². The van der Waals surface area contributed by atoms with E-state index in [4.69, 9.17) is 0 Å². The number of carbonyl (C=O) groups excluding carboxylic acids is 2. The zero-order valence-corrected chi connectivity index (χ0v) is 7.64. The van der Waals surface area contributed by atoms with Crippen molar-refractivity contribution in [3.05, 3.63) is 0 Å². The molecule has 0 heterocycles. The lowest BCUT2D eigenvalue weighted by Gasteiger charge is -2.18. The van der Waals surface area contributed by atoms with Crippen molar-refractivity contribution in [2.45, 2.75) is 37.8 Å². The summed E-state index contributed by atoms with van der Waals surface area (Å²) in [6, 6.07) is 0. The Morgan fingerprint density at radius 1 is 1.46 bits per heavy atom. The first-order chi connectivity index (χ1) is 6.11. The van der Waals surface area contributed by atoms with Crippen LogP contribution in [0, 0.1) is 0 Å². The van der Waals surface area contributed by atoms with Gasteiger partial charge in [0.15, 0.2) is 5.78 Å². The molecule has 0 bridgehead atoms. The summed E-state index contributed by atoms with van der Waals surface area (Å²) in [5, 5.41) is 0. The van der Waals surface area contributed by atoms with Gasteiger partial charge in [0, 0.05) is 6.42 Å². The summed E-state index contributed by atoms with van der Waals surface area (Å²) in [5.41, 5.74) is -2.37. The van der Waals surface area contributed by atoms with E-state index in [0.717, 1.165) is 13.5 Å². The van der Waals surface area contributed by atoms with Crippen LogP contribution in [-0.4, -0.2) is 24.5 Å². The minimum atomic E-state index is -2.37. The van der Waals surface area contributed by atoms with Gasteiger partial charge in [-0.25, -0.2) is 9.18 Å². The van der Waals surface area contributed by atoms with Crippen LogP contribution in [0.5, 0.6) is 0 Å². The highest BCUT2D eigenvalue weighted by molar-refractivity contribution is 6.07. The van der Waals surface area contributed by atoms with Gasteiger partial charge >= 0.3 is 5.97 Å². The Morgan fingerprint density at radius 2 is 2.15 bits per heavy atom. The molecule has 0 N–H and O–H groups in total. The molecule has 0 aliphatic heterocycles. The average molecular weight is 188 g/mol. The SMILES string of the molecule is COC(=O)[C@@]1(F)CCCCCC1=O. The van der Waals surface area contributed by atoms with E-state index >= 15 is 0 Å². The van der Waals surface area contributed by atoms with Gasteiger partial charge in [-0.3, -0.25) is 4.79 Å². The van der Waals surface area contributed by atoms with E-state index in [1.165, 1.54) is 0 Å². The molecular weight excluding hydrogens is 175 g/mol. The maximum Gasteiger partial charge on any atom is 0.351 e. The molecule has 0 spiro atoms. The topological polar surface area (TPSA) is 43.4 Å². The van der Waals surface area contributed by atoms with Gasteiger partial charge in [0.2, 0.25) is 0 Å². The molecule has 1 atom stereocenters. The van der Waals surface area contributed by atoms with Gasteiger partial charge in [-0.15, -0.1) is 0 Å². The molecule has 1 saturated carbocycles. The van der Waals surface area contributed by atoms with Crippen LogP contribution in [0.3, 0.4) is 0 Å². The van der Waals surface area contributed by atoms with E-state index in [-0.39, 0.29) is 12.8 Å². The van der Waals surface area contributed by atoms with Crippen LogP contribution < -0.4 is 0 Å². The molecule has 3 nitrogen and oxygen atoms in total. The summed E-state index contributed by atoms with van der Waals surface area (Å²) in [7, 11) is 1.10. The molecule has 1 aliphatic carbocycles. The summed E-state index contributed by atoms with van der Waals surface area (Å²) in [6.07, 6.45) is 2.15. The van der Waals surface area contributed by atoms with Crippen molar-refractivity contribution in [2.24, 2.45) is 0 Å². The number of Topliss-reactive ketones (excluding diaryl/α,β-unsaturated/α-hetero) is 1. The summed E-state index contributed by atoms with van der Waals surface area (Å²) < 4.78 is 18.1. The van der Waals surface area contributed by atoms with Crippen LogP contribution in [0.4, 0.5) is 4.39 Å². The minimum absolute atomic E-state index is 0.0293. The number of ketones is 1. The first-order valence-electron chi connectivity index (χ1n) is 4.42. The van der Waals surface area contributed by atoms with Crippen molar-refractivity contribution >= 4 is 11.8 Å².